The second kappa shape index (κ2) is 9.86. The third-order valence-electron chi connectivity index (χ3n) is 6.72. The summed E-state index contributed by atoms with van der Waals surface area (Å²) in [6.07, 6.45) is -4.82. The average molecular weight is 585 g/mol. The minimum atomic E-state index is -4.82. The van der Waals surface area contributed by atoms with Gasteiger partial charge in [0.2, 0.25) is 0 Å². The third kappa shape index (κ3) is 5.24. The van der Waals surface area contributed by atoms with Crippen LogP contribution in [-0.2, 0) is 4.79 Å². The van der Waals surface area contributed by atoms with Gasteiger partial charge in [0.05, 0.1) is 30.4 Å². The second-order valence-corrected chi connectivity index (χ2v) is 9.85. The Morgan fingerprint density at radius 3 is 2.24 bits per heavy atom. The number of aliphatic imine (C=N–C) groups is 1. The molecule has 0 spiro atoms. The first-order valence-corrected chi connectivity index (χ1v) is 12.6. The molecular weight excluding hydrogens is 565 g/mol. The highest BCUT2D eigenvalue weighted by molar-refractivity contribution is 6.25. The predicted molar refractivity (Wildman–Crippen MR) is 140 cm³/mol. The van der Waals surface area contributed by atoms with E-state index in [1.54, 1.807) is 42.5 Å². The van der Waals surface area contributed by atoms with Gasteiger partial charge in [-0.05, 0) is 54.1 Å². The lowest BCUT2D eigenvalue weighted by molar-refractivity contribution is -0.274. The zero-order chi connectivity index (χ0) is 29.8. The number of para-hydroxylation sites is 1. The summed E-state index contributed by atoms with van der Waals surface area (Å²) < 4.78 is 80.7. The van der Waals surface area contributed by atoms with Gasteiger partial charge in [-0.1, -0.05) is 18.2 Å². The summed E-state index contributed by atoms with van der Waals surface area (Å²) in [7, 11) is 0. The molecule has 3 aromatic carbocycles. The van der Waals surface area contributed by atoms with E-state index in [9.17, 15) is 31.5 Å². The summed E-state index contributed by atoms with van der Waals surface area (Å²) >= 11 is 0. The van der Waals surface area contributed by atoms with E-state index in [1.165, 1.54) is 12.1 Å². The van der Waals surface area contributed by atoms with Crippen molar-refractivity contribution < 1.29 is 40.6 Å². The highest BCUT2D eigenvalue weighted by Gasteiger charge is 2.47. The van der Waals surface area contributed by atoms with E-state index in [1.807, 2.05) is 0 Å². The summed E-state index contributed by atoms with van der Waals surface area (Å²) in [5, 5.41) is 0. The lowest BCUT2D eigenvalue weighted by atomic mass is 9.91. The lowest BCUT2D eigenvalue weighted by Gasteiger charge is -2.30. The van der Waals surface area contributed by atoms with Crippen LogP contribution in [0.2, 0.25) is 0 Å². The van der Waals surface area contributed by atoms with Gasteiger partial charge in [0, 0.05) is 23.6 Å². The monoisotopic (exact) mass is 585 g/mol. The van der Waals surface area contributed by atoms with Gasteiger partial charge in [0.25, 0.3) is 11.8 Å². The van der Waals surface area contributed by atoms with Crippen molar-refractivity contribution in [3.05, 3.63) is 99.6 Å². The second-order valence-electron chi connectivity index (χ2n) is 9.85. The normalized spacial score (nSPS) is 17.2. The Balaban J connectivity index is 1.33. The molecule has 0 fully saturated rings. The first kappa shape index (κ1) is 27.2. The number of oxazole rings is 1. The van der Waals surface area contributed by atoms with E-state index in [4.69, 9.17) is 9.15 Å². The highest BCUT2D eigenvalue weighted by Crippen LogP contribution is 2.44. The number of halogens is 5. The van der Waals surface area contributed by atoms with Crippen molar-refractivity contribution >= 4 is 22.7 Å². The fraction of sp³-hybridized carbons (Fsp3) is 0.207. The molecule has 4 aromatic rings. The standard InChI is InChI=1S/C29H20F5N3O5/c1-28(30,31)14-37-24(15-5-7-16(8-6-15)40-17-9-11-18(12-10-17)42-29(32,33)34)22-20(26(37)38)13-35-23(22)19-3-2-4-21-25(19)41-27(39)36-21/h2-12,24H,13-14H2,1H3,(H,36,39). The summed E-state index contributed by atoms with van der Waals surface area (Å²) in [4.78, 5) is 33.5. The van der Waals surface area contributed by atoms with Gasteiger partial charge in [0.15, 0.2) is 5.58 Å². The number of nitrogens with one attached hydrogen (secondary N) is 1. The van der Waals surface area contributed by atoms with Crippen LogP contribution in [-0.4, -0.2) is 46.9 Å². The maximum absolute atomic E-state index is 14.3. The van der Waals surface area contributed by atoms with Crippen molar-refractivity contribution in [2.45, 2.75) is 25.3 Å². The number of fused-ring (bicyclic) bond motifs is 1. The number of hydrogen-bond donors (Lipinski definition) is 1. The molecule has 1 unspecified atom stereocenters. The predicted octanol–water partition coefficient (Wildman–Crippen LogP) is 6.15. The molecule has 1 amide bonds. The Bertz CT molecular complexity index is 1800. The number of ether oxygens (including phenoxy) is 2. The van der Waals surface area contributed by atoms with Gasteiger partial charge in [0.1, 0.15) is 17.2 Å². The first-order chi connectivity index (χ1) is 19.9. The number of aromatic nitrogens is 1. The number of benzene rings is 3. The van der Waals surface area contributed by atoms with Crippen molar-refractivity contribution in [2.24, 2.45) is 4.99 Å². The number of nitrogens with zero attached hydrogens (tertiary/aromatic N) is 2. The van der Waals surface area contributed by atoms with Gasteiger partial charge in [-0.2, -0.15) is 0 Å². The summed E-state index contributed by atoms with van der Waals surface area (Å²) in [6.45, 7) is -0.135. The van der Waals surface area contributed by atoms with Crippen molar-refractivity contribution in [1.82, 2.24) is 9.88 Å². The molecule has 8 nitrogen and oxygen atoms in total. The summed E-state index contributed by atoms with van der Waals surface area (Å²) in [5.41, 5.74) is 2.67. The number of hydrogen-bond acceptors (Lipinski definition) is 6. The Morgan fingerprint density at radius 1 is 0.952 bits per heavy atom. The van der Waals surface area contributed by atoms with Crippen LogP contribution < -0.4 is 15.2 Å². The van der Waals surface area contributed by atoms with Gasteiger partial charge in [-0.15, -0.1) is 13.2 Å². The molecule has 216 valence electrons. The first-order valence-electron chi connectivity index (χ1n) is 12.6. The van der Waals surface area contributed by atoms with E-state index in [0.717, 1.165) is 24.0 Å². The van der Waals surface area contributed by atoms with E-state index in [0.29, 0.717) is 33.7 Å². The minimum Gasteiger partial charge on any atom is -0.457 e. The fourth-order valence-electron chi connectivity index (χ4n) is 5.16. The molecule has 0 bridgehead atoms. The quantitative estimate of drug-likeness (QED) is 0.263. The zero-order valence-electron chi connectivity index (χ0n) is 21.7. The molecule has 0 saturated heterocycles. The Morgan fingerprint density at radius 2 is 1.60 bits per heavy atom. The molecule has 0 saturated carbocycles. The van der Waals surface area contributed by atoms with Crippen LogP contribution in [0.25, 0.3) is 11.1 Å². The Kier molecular flexibility index (Phi) is 6.39. The molecule has 2 aliphatic heterocycles. The zero-order valence-corrected chi connectivity index (χ0v) is 21.7. The Hall–Kier alpha value is -4.94. The number of alkyl halides is 5. The van der Waals surface area contributed by atoms with Crippen LogP contribution in [0.15, 0.2) is 92.1 Å². The maximum Gasteiger partial charge on any atom is 0.573 e. The molecule has 6 rings (SSSR count). The highest BCUT2D eigenvalue weighted by atomic mass is 19.4. The topological polar surface area (TPSA) is 97.1 Å². The SMILES string of the molecule is CC(F)(F)CN1C(=O)C2=C(C(c3cccc4[nH]c(=O)oc34)=NC2)C1c1ccc(Oc2ccc(OC(F)(F)F)cc2)cc1. The van der Waals surface area contributed by atoms with E-state index in [-0.39, 0.29) is 23.5 Å². The summed E-state index contributed by atoms with van der Waals surface area (Å²) in [6, 6.07) is 15.2. The van der Waals surface area contributed by atoms with Crippen LogP contribution in [0, 0.1) is 0 Å². The number of rotatable bonds is 7. The smallest absolute Gasteiger partial charge is 0.457 e. The molecule has 1 aromatic heterocycles. The van der Waals surface area contributed by atoms with Gasteiger partial charge >= 0.3 is 12.1 Å². The number of carbonyl (C=O) groups excluding carboxylic acids is 1. The number of carbonyl (C=O) groups is 1. The Labute approximate surface area is 233 Å². The van der Waals surface area contributed by atoms with E-state index in [2.05, 4.69) is 14.7 Å². The number of aromatic amines is 1. The lowest BCUT2D eigenvalue weighted by Crippen LogP contribution is -2.40. The molecule has 1 atom stereocenters. The molecule has 1 N–H and O–H groups in total. The van der Waals surface area contributed by atoms with E-state index < -0.39 is 42.3 Å². The van der Waals surface area contributed by atoms with Crippen molar-refractivity contribution in [3.63, 3.8) is 0 Å². The van der Waals surface area contributed by atoms with Gasteiger partial charge in [-0.3, -0.25) is 14.8 Å². The van der Waals surface area contributed by atoms with E-state index >= 15 is 0 Å². The molecule has 2 aliphatic rings. The van der Waals surface area contributed by atoms with Gasteiger partial charge < -0.3 is 18.8 Å². The van der Waals surface area contributed by atoms with Crippen LogP contribution in [0.4, 0.5) is 22.0 Å². The molecular formula is C29H20F5N3O5. The van der Waals surface area contributed by atoms with Crippen LogP contribution in [0.5, 0.6) is 17.2 Å². The maximum atomic E-state index is 14.3. The molecule has 13 heteroatoms. The summed E-state index contributed by atoms with van der Waals surface area (Å²) in [5.74, 6) is -4.29. The molecule has 0 radical (unpaired) electrons. The van der Waals surface area contributed by atoms with Crippen molar-refractivity contribution in [1.29, 1.82) is 0 Å². The largest absolute Gasteiger partial charge is 0.573 e. The molecule has 42 heavy (non-hydrogen) atoms. The average Bonchev–Trinajstić information content (AvgIpc) is 3.57. The molecule has 0 aliphatic carbocycles. The fourth-order valence-corrected chi connectivity index (χ4v) is 5.16. The minimum absolute atomic E-state index is 0.0218. The number of amides is 1. The van der Waals surface area contributed by atoms with Crippen molar-refractivity contribution in [3.8, 4) is 17.2 Å². The third-order valence-corrected chi connectivity index (χ3v) is 6.72. The van der Waals surface area contributed by atoms with Crippen LogP contribution >= 0.6 is 0 Å². The van der Waals surface area contributed by atoms with Crippen LogP contribution in [0.3, 0.4) is 0 Å². The van der Waals surface area contributed by atoms with Gasteiger partial charge in [-0.25, -0.2) is 13.6 Å². The van der Waals surface area contributed by atoms with Crippen molar-refractivity contribution in [2.75, 3.05) is 13.1 Å². The number of H-pyrrole nitrogens is 1. The molecule has 3 heterocycles. The van der Waals surface area contributed by atoms with Crippen LogP contribution in [0.1, 0.15) is 24.1 Å².